The van der Waals surface area contributed by atoms with Gasteiger partial charge in [-0.05, 0) is 30.9 Å². The minimum atomic E-state index is -1.04. The van der Waals surface area contributed by atoms with Gasteiger partial charge in [-0.3, -0.25) is 0 Å². The van der Waals surface area contributed by atoms with Crippen LogP contribution in [0.5, 0.6) is 0 Å². The van der Waals surface area contributed by atoms with Gasteiger partial charge in [-0.25, -0.2) is 9.59 Å². The van der Waals surface area contributed by atoms with Gasteiger partial charge in [0.2, 0.25) is 0 Å². The molecule has 21 heavy (non-hydrogen) atoms. The van der Waals surface area contributed by atoms with Crippen LogP contribution in [-0.2, 0) is 0 Å². The molecule has 0 saturated heterocycles. The fourth-order valence-electron chi connectivity index (χ4n) is 2.90. The predicted molar refractivity (Wildman–Crippen MR) is 81.6 cm³/mol. The summed E-state index contributed by atoms with van der Waals surface area (Å²) in [6.07, 6.45) is 4.36. The highest BCUT2D eigenvalue weighted by Crippen LogP contribution is 2.27. The summed E-state index contributed by atoms with van der Waals surface area (Å²) in [4.78, 5) is 25.2. The molecule has 2 amide bonds. The third kappa shape index (κ3) is 3.74. The van der Waals surface area contributed by atoms with Crippen LogP contribution in [0, 0.1) is 5.92 Å². The molecule has 1 fully saturated rings. The Balaban J connectivity index is 2.05. The minimum Gasteiger partial charge on any atom is -0.478 e. The average molecular weight is 290 g/mol. The number of urea groups is 1. The Kier molecular flexibility index (Phi) is 4.83. The van der Waals surface area contributed by atoms with Crippen molar-refractivity contribution < 1.29 is 14.7 Å². The van der Waals surface area contributed by atoms with Crippen molar-refractivity contribution in [2.45, 2.75) is 38.6 Å². The summed E-state index contributed by atoms with van der Waals surface area (Å²) in [5.74, 6) is -0.412. The Hall–Kier alpha value is -2.04. The molecular formula is C16H22N2O3. The molecule has 2 N–H and O–H groups in total. The fourth-order valence-corrected chi connectivity index (χ4v) is 2.90. The van der Waals surface area contributed by atoms with Gasteiger partial charge in [0.05, 0.1) is 11.3 Å². The van der Waals surface area contributed by atoms with Gasteiger partial charge in [-0.1, -0.05) is 31.9 Å². The summed E-state index contributed by atoms with van der Waals surface area (Å²) in [6, 6.07) is 6.43. The van der Waals surface area contributed by atoms with Gasteiger partial charge in [-0.15, -0.1) is 0 Å². The van der Waals surface area contributed by atoms with Crippen molar-refractivity contribution in [3.05, 3.63) is 29.8 Å². The second-order valence-electron chi connectivity index (χ2n) is 5.82. The Morgan fingerprint density at radius 2 is 2.00 bits per heavy atom. The number of aromatic carboxylic acids is 1. The molecule has 0 aromatic heterocycles. The maximum Gasteiger partial charge on any atom is 0.337 e. The summed E-state index contributed by atoms with van der Waals surface area (Å²) in [5, 5.41) is 11.8. The van der Waals surface area contributed by atoms with Gasteiger partial charge < -0.3 is 15.3 Å². The van der Waals surface area contributed by atoms with Crippen molar-refractivity contribution in [1.29, 1.82) is 0 Å². The highest BCUT2D eigenvalue weighted by atomic mass is 16.4. The number of anilines is 1. The van der Waals surface area contributed by atoms with E-state index in [0.29, 0.717) is 11.6 Å². The van der Waals surface area contributed by atoms with E-state index in [9.17, 15) is 9.59 Å². The molecular weight excluding hydrogens is 268 g/mol. The molecule has 1 aliphatic rings. The number of amides is 2. The van der Waals surface area contributed by atoms with E-state index >= 15 is 0 Å². The smallest absolute Gasteiger partial charge is 0.337 e. The molecule has 1 aromatic rings. The maximum atomic E-state index is 12.3. The van der Waals surface area contributed by atoms with Gasteiger partial charge in [0.25, 0.3) is 0 Å². The first-order valence-electron chi connectivity index (χ1n) is 7.35. The van der Waals surface area contributed by atoms with Crippen LogP contribution in [-0.4, -0.2) is 35.1 Å². The quantitative estimate of drug-likeness (QED) is 0.896. The lowest BCUT2D eigenvalue weighted by molar-refractivity contribution is 0.0698. The zero-order valence-corrected chi connectivity index (χ0v) is 12.5. The van der Waals surface area contributed by atoms with E-state index in [1.54, 1.807) is 30.1 Å². The van der Waals surface area contributed by atoms with Crippen molar-refractivity contribution in [3.63, 3.8) is 0 Å². The second-order valence-corrected chi connectivity index (χ2v) is 5.82. The molecule has 1 saturated carbocycles. The van der Waals surface area contributed by atoms with Gasteiger partial charge in [0.1, 0.15) is 0 Å². The predicted octanol–water partition coefficient (Wildman–Crippen LogP) is 3.43. The first-order chi connectivity index (χ1) is 9.99. The van der Waals surface area contributed by atoms with Crippen molar-refractivity contribution >= 4 is 17.7 Å². The summed E-state index contributed by atoms with van der Waals surface area (Å²) >= 11 is 0. The van der Waals surface area contributed by atoms with E-state index in [4.69, 9.17) is 5.11 Å². The molecule has 2 atom stereocenters. The van der Waals surface area contributed by atoms with Crippen LogP contribution < -0.4 is 5.32 Å². The summed E-state index contributed by atoms with van der Waals surface area (Å²) in [5.41, 5.74) is 0.446. The molecule has 0 heterocycles. The number of carbonyl (C=O) groups excluding carboxylic acids is 1. The van der Waals surface area contributed by atoms with E-state index in [2.05, 4.69) is 12.2 Å². The molecule has 0 spiro atoms. The van der Waals surface area contributed by atoms with Crippen LogP contribution >= 0.6 is 0 Å². The number of nitrogens with zero attached hydrogens (tertiary/aromatic N) is 1. The van der Waals surface area contributed by atoms with Crippen LogP contribution in [0.1, 0.15) is 43.0 Å². The standard InChI is InChI=1S/C16H22N2O3/c1-11-6-5-7-12(10-11)18(2)16(21)17-14-9-4-3-8-13(14)15(19)20/h3-4,8-9,11-12H,5-7,10H2,1-2H3,(H,17,21)(H,19,20). The maximum absolute atomic E-state index is 12.3. The molecule has 2 rings (SSSR count). The third-order valence-corrected chi connectivity index (χ3v) is 4.18. The Morgan fingerprint density at radius 3 is 2.67 bits per heavy atom. The number of carboxylic acids is 1. The van der Waals surface area contributed by atoms with Crippen LogP contribution in [0.3, 0.4) is 0 Å². The Labute approximate surface area is 125 Å². The number of benzene rings is 1. The number of hydrogen-bond donors (Lipinski definition) is 2. The summed E-state index contributed by atoms with van der Waals surface area (Å²) < 4.78 is 0. The van der Waals surface area contributed by atoms with E-state index in [-0.39, 0.29) is 17.6 Å². The zero-order chi connectivity index (χ0) is 15.4. The highest BCUT2D eigenvalue weighted by molar-refractivity contribution is 5.99. The number of nitrogens with one attached hydrogen (secondary N) is 1. The number of carboxylic acid groups (broad SMARTS) is 1. The third-order valence-electron chi connectivity index (χ3n) is 4.18. The lowest BCUT2D eigenvalue weighted by atomic mass is 9.86. The SMILES string of the molecule is CC1CCCC(N(C)C(=O)Nc2ccccc2C(=O)O)C1. The second kappa shape index (κ2) is 6.61. The summed E-state index contributed by atoms with van der Waals surface area (Å²) in [6.45, 7) is 2.21. The van der Waals surface area contributed by atoms with Crippen LogP contribution in [0.4, 0.5) is 10.5 Å². The minimum absolute atomic E-state index is 0.108. The molecule has 114 valence electrons. The zero-order valence-electron chi connectivity index (χ0n) is 12.5. The van der Waals surface area contributed by atoms with Gasteiger partial charge in [-0.2, -0.15) is 0 Å². The molecule has 1 aliphatic carbocycles. The Bertz CT molecular complexity index is 530. The lowest BCUT2D eigenvalue weighted by Gasteiger charge is -2.34. The van der Waals surface area contributed by atoms with E-state index in [1.807, 2.05) is 0 Å². The van der Waals surface area contributed by atoms with Gasteiger partial charge in [0, 0.05) is 13.1 Å². The monoisotopic (exact) mass is 290 g/mol. The van der Waals surface area contributed by atoms with Crippen LogP contribution in [0.2, 0.25) is 0 Å². The molecule has 0 radical (unpaired) electrons. The number of para-hydroxylation sites is 1. The van der Waals surface area contributed by atoms with Crippen molar-refractivity contribution in [2.24, 2.45) is 5.92 Å². The van der Waals surface area contributed by atoms with E-state index in [0.717, 1.165) is 19.3 Å². The number of rotatable bonds is 3. The average Bonchev–Trinajstić information content (AvgIpc) is 2.46. The Morgan fingerprint density at radius 1 is 1.29 bits per heavy atom. The molecule has 5 nitrogen and oxygen atoms in total. The van der Waals surface area contributed by atoms with Gasteiger partial charge >= 0.3 is 12.0 Å². The molecule has 0 aliphatic heterocycles. The molecule has 5 heteroatoms. The van der Waals surface area contributed by atoms with Crippen LogP contribution in [0.15, 0.2) is 24.3 Å². The van der Waals surface area contributed by atoms with Crippen LogP contribution in [0.25, 0.3) is 0 Å². The van der Waals surface area contributed by atoms with Crippen molar-refractivity contribution in [3.8, 4) is 0 Å². The number of hydrogen-bond acceptors (Lipinski definition) is 2. The normalized spacial score (nSPS) is 21.6. The molecule has 1 aromatic carbocycles. The fraction of sp³-hybridized carbons (Fsp3) is 0.500. The first-order valence-corrected chi connectivity index (χ1v) is 7.35. The van der Waals surface area contributed by atoms with E-state index < -0.39 is 5.97 Å². The topological polar surface area (TPSA) is 69.6 Å². The van der Waals surface area contributed by atoms with Crippen molar-refractivity contribution in [2.75, 3.05) is 12.4 Å². The van der Waals surface area contributed by atoms with Gasteiger partial charge in [0.15, 0.2) is 0 Å². The highest BCUT2D eigenvalue weighted by Gasteiger charge is 2.26. The largest absolute Gasteiger partial charge is 0.478 e. The van der Waals surface area contributed by atoms with Crippen molar-refractivity contribution in [1.82, 2.24) is 4.90 Å². The lowest BCUT2D eigenvalue weighted by Crippen LogP contribution is -2.42. The molecule has 0 bridgehead atoms. The molecule has 2 unspecified atom stereocenters. The first kappa shape index (κ1) is 15.4. The number of carbonyl (C=O) groups is 2. The van der Waals surface area contributed by atoms with E-state index in [1.165, 1.54) is 12.5 Å². The summed E-state index contributed by atoms with van der Waals surface area (Å²) in [7, 11) is 1.78.